The minimum atomic E-state index is -0.198. The molecule has 0 N–H and O–H groups in total. The molecule has 1 aromatic rings. The highest BCUT2D eigenvalue weighted by Gasteiger charge is 2.19. The lowest BCUT2D eigenvalue weighted by Crippen LogP contribution is -2.21. The van der Waals surface area contributed by atoms with Crippen LogP contribution in [0.15, 0.2) is 29.2 Å². The highest BCUT2D eigenvalue weighted by molar-refractivity contribution is 8.00. The number of hydrogen-bond acceptors (Lipinski definition) is 4. The number of carbonyl (C=O) groups is 2. The Hall–Kier alpha value is -1.29. The Morgan fingerprint density at radius 3 is 2.24 bits per heavy atom. The van der Waals surface area contributed by atoms with Gasteiger partial charge in [0.2, 0.25) is 0 Å². The fraction of sp³-hybridized carbons (Fsp3) is 0.529. The van der Waals surface area contributed by atoms with Gasteiger partial charge in [-0.15, -0.1) is 11.8 Å². The average Bonchev–Trinajstić information content (AvgIpc) is 2.50. The van der Waals surface area contributed by atoms with E-state index < -0.39 is 0 Å². The molecule has 1 atom stereocenters. The summed E-state index contributed by atoms with van der Waals surface area (Å²) in [7, 11) is 0. The molecule has 0 aliphatic rings. The second-order valence-corrected chi connectivity index (χ2v) is 6.62. The molecule has 0 aliphatic carbocycles. The fourth-order valence-corrected chi connectivity index (χ4v) is 2.68. The molecule has 3 nitrogen and oxygen atoms in total. The standard InChI is InChI=1S/C17H24O3S/c1-5-15(18)13-7-9-14(10-8-13)21-16(6-2)17(19)20-11-12(3)4/h7-10,12,16H,5-6,11H2,1-4H3. The van der Waals surface area contributed by atoms with Crippen molar-refractivity contribution in [3.63, 3.8) is 0 Å². The van der Waals surface area contributed by atoms with Gasteiger partial charge in [-0.3, -0.25) is 9.59 Å². The predicted octanol–water partition coefficient (Wildman–Crippen LogP) is 4.35. The number of carbonyl (C=O) groups excluding carboxylic acids is 2. The Morgan fingerprint density at radius 1 is 1.14 bits per heavy atom. The van der Waals surface area contributed by atoms with Crippen LogP contribution in [-0.4, -0.2) is 23.6 Å². The molecule has 0 aliphatic heterocycles. The highest BCUT2D eigenvalue weighted by atomic mass is 32.2. The summed E-state index contributed by atoms with van der Waals surface area (Å²) >= 11 is 1.49. The van der Waals surface area contributed by atoms with Crippen molar-refractivity contribution in [3.05, 3.63) is 29.8 Å². The van der Waals surface area contributed by atoms with E-state index in [1.807, 2.05) is 52.0 Å². The maximum absolute atomic E-state index is 12.0. The van der Waals surface area contributed by atoms with Crippen LogP contribution < -0.4 is 0 Å². The van der Waals surface area contributed by atoms with Crippen LogP contribution in [0.2, 0.25) is 0 Å². The minimum absolute atomic E-state index is 0.134. The Kier molecular flexibility index (Phi) is 7.51. The summed E-state index contributed by atoms with van der Waals surface area (Å²) in [5.41, 5.74) is 0.720. The molecule has 0 aromatic heterocycles. The maximum Gasteiger partial charge on any atom is 0.319 e. The predicted molar refractivity (Wildman–Crippen MR) is 86.8 cm³/mol. The maximum atomic E-state index is 12.0. The normalized spacial score (nSPS) is 12.2. The third kappa shape index (κ3) is 5.92. The van der Waals surface area contributed by atoms with Crippen molar-refractivity contribution in [1.82, 2.24) is 0 Å². The van der Waals surface area contributed by atoms with Gasteiger partial charge in [-0.25, -0.2) is 0 Å². The van der Waals surface area contributed by atoms with Gasteiger partial charge in [0, 0.05) is 16.9 Å². The summed E-state index contributed by atoms with van der Waals surface area (Å²) < 4.78 is 5.29. The van der Waals surface area contributed by atoms with E-state index in [2.05, 4.69) is 0 Å². The van der Waals surface area contributed by atoms with Gasteiger partial charge in [0.1, 0.15) is 5.25 Å². The Morgan fingerprint density at radius 2 is 1.76 bits per heavy atom. The van der Waals surface area contributed by atoms with Crippen LogP contribution in [0.25, 0.3) is 0 Å². The molecule has 4 heteroatoms. The van der Waals surface area contributed by atoms with Crippen LogP contribution in [0.5, 0.6) is 0 Å². The summed E-state index contributed by atoms with van der Waals surface area (Å²) in [5.74, 6) is 0.315. The summed E-state index contributed by atoms with van der Waals surface area (Å²) in [6, 6.07) is 7.43. The molecule has 0 radical (unpaired) electrons. The van der Waals surface area contributed by atoms with Gasteiger partial charge in [-0.05, 0) is 24.5 Å². The highest BCUT2D eigenvalue weighted by Crippen LogP contribution is 2.27. The first-order chi connectivity index (χ1) is 9.97. The van der Waals surface area contributed by atoms with Crippen molar-refractivity contribution in [2.45, 2.75) is 50.7 Å². The second-order valence-electron chi connectivity index (χ2n) is 5.34. The van der Waals surface area contributed by atoms with E-state index in [9.17, 15) is 9.59 Å². The number of esters is 1. The van der Waals surface area contributed by atoms with E-state index in [-0.39, 0.29) is 17.0 Å². The molecule has 0 fully saturated rings. The lowest BCUT2D eigenvalue weighted by molar-refractivity contribution is -0.144. The van der Waals surface area contributed by atoms with E-state index in [1.54, 1.807) is 0 Å². The third-order valence-corrected chi connectivity index (χ3v) is 4.32. The lowest BCUT2D eigenvalue weighted by atomic mass is 10.1. The molecule has 21 heavy (non-hydrogen) atoms. The summed E-state index contributed by atoms with van der Waals surface area (Å²) in [5, 5.41) is -0.198. The largest absolute Gasteiger partial charge is 0.465 e. The fourth-order valence-electron chi connectivity index (χ4n) is 1.73. The van der Waals surface area contributed by atoms with Gasteiger partial charge in [-0.1, -0.05) is 39.8 Å². The second kappa shape index (κ2) is 8.88. The number of hydrogen-bond donors (Lipinski definition) is 0. The van der Waals surface area contributed by atoms with Crippen molar-refractivity contribution in [3.8, 4) is 0 Å². The molecular formula is C17H24O3S. The summed E-state index contributed by atoms with van der Waals surface area (Å²) in [6.07, 6.45) is 1.23. The van der Waals surface area contributed by atoms with Crippen molar-refractivity contribution in [2.75, 3.05) is 6.61 Å². The van der Waals surface area contributed by atoms with E-state index in [0.717, 1.165) is 16.9 Å². The number of ether oxygens (including phenoxy) is 1. The Bertz CT molecular complexity index is 465. The minimum Gasteiger partial charge on any atom is -0.465 e. The van der Waals surface area contributed by atoms with Crippen LogP contribution in [0.3, 0.4) is 0 Å². The van der Waals surface area contributed by atoms with Gasteiger partial charge < -0.3 is 4.74 Å². The quantitative estimate of drug-likeness (QED) is 0.407. The van der Waals surface area contributed by atoms with E-state index in [1.165, 1.54) is 11.8 Å². The topological polar surface area (TPSA) is 43.4 Å². The van der Waals surface area contributed by atoms with Gasteiger partial charge in [0.05, 0.1) is 6.61 Å². The Labute approximate surface area is 131 Å². The molecule has 0 saturated heterocycles. The van der Waals surface area contributed by atoms with Crippen molar-refractivity contribution in [1.29, 1.82) is 0 Å². The molecule has 0 saturated carbocycles. The van der Waals surface area contributed by atoms with E-state index in [0.29, 0.717) is 18.9 Å². The molecule has 1 aromatic carbocycles. The zero-order valence-corrected chi connectivity index (χ0v) is 14.0. The number of Topliss-reactive ketones (excluding diaryl/α,β-unsaturated/α-hetero) is 1. The van der Waals surface area contributed by atoms with Crippen LogP contribution in [-0.2, 0) is 9.53 Å². The first kappa shape index (κ1) is 17.8. The third-order valence-electron chi connectivity index (χ3n) is 2.97. The van der Waals surface area contributed by atoms with E-state index >= 15 is 0 Å². The summed E-state index contributed by atoms with van der Waals surface area (Å²) in [4.78, 5) is 24.6. The molecular weight excluding hydrogens is 284 g/mol. The number of benzene rings is 1. The van der Waals surface area contributed by atoms with Crippen molar-refractivity contribution >= 4 is 23.5 Å². The molecule has 0 spiro atoms. The number of ketones is 1. The van der Waals surface area contributed by atoms with Gasteiger partial charge >= 0.3 is 5.97 Å². The monoisotopic (exact) mass is 308 g/mol. The number of thioether (sulfide) groups is 1. The van der Waals surface area contributed by atoms with Gasteiger partial charge in [0.15, 0.2) is 5.78 Å². The summed E-state index contributed by atoms with van der Waals surface area (Å²) in [6.45, 7) is 8.32. The first-order valence-electron chi connectivity index (χ1n) is 7.44. The van der Waals surface area contributed by atoms with Crippen molar-refractivity contribution in [2.24, 2.45) is 5.92 Å². The van der Waals surface area contributed by atoms with Crippen LogP contribution >= 0.6 is 11.8 Å². The number of rotatable bonds is 8. The van der Waals surface area contributed by atoms with Crippen LogP contribution in [0.4, 0.5) is 0 Å². The molecule has 1 rings (SSSR count). The van der Waals surface area contributed by atoms with Crippen molar-refractivity contribution < 1.29 is 14.3 Å². The molecule has 0 bridgehead atoms. The Balaban J connectivity index is 2.64. The zero-order chi connectivity index (χ0) is 15.8. The molecule has 1 unspecified atom stereocenters. The SMILES string of the molecule is CCC(=O)c1ccc(SC(CC)C(=O)OCC(C)C)cc1. The zero-order valence-electron chi connectivity index (χ0n) is 13.2. The van der Waals surface area contributed by atoms with Crippen LogP contribution in [0, 0.1) is 5.92 Å². The van der Waals surface area contributed by atoms with Gasteiger partial charge in [0.25, 0.3) is 0 Å². The molecule has 0 amide bonds. The molecule has 0 heterocycles. The van der Waals surface area contributed by atoms with Crippen LogP contribution in [0.1, 0.15) is 50.9 Å². The van der Waals surface area contributed by atoms with E-state index in [4.69, 9.17) is 4.74 Å². The smallest absolute Gasteiger partial charge is 0.319 e. The lowest BCUT2D eigenvalue weighted by Gasteiger charge is -2.15. The van der Waals surface area contributed by atoms with Gasteiger partial charge in [-0.2, -0.15) is 0 Å². The average molecular weight is 308 g/mol. The first-order valence-corrected chi connectivity index (χ1v) is 8.32. The molecule has 116 valence electrons.